The number of hydrogen-bond donors (Lipinski definition) is 2. The number of carbonyl (C=O) groups excluding carboxylic acids is 1. The number of rotatable bonds is 5. The third-order valence-corrected chi connectivity index (χ3v) is 3.73. The molecule has 1 unspecified atom stereocenters. The molecule has 1 aliphatic heterocycles. The van der Waals surface area contributed by atoms with E-state index in [1.165, 1.54) is 12.1 Å². The van der Waals surface area contributed by atoms with Gasteiger partial charge in [-0.3, -0.25) is 9.69 Å². The van der Waals surface area contributed by atoms with Gasteiger partial charge in [-0.15, -0.1) is 0 Å². The van der Waals surface area contributed by atoms with E-state index >= 15 is 0 Å². The van der Waals surface area contributed by atoms with Gasteiger partial charge in [0.2, 0.25) is 5.91 Å². The number of benzene rings is 1. The lowest BCUT2D eigenvalue weighted by Gasteiger charge is -2.23. The van der Waals surface area contributed by atoms with Crippen LogP contribution in [-0.4, -0.2) is 43.5 Å². The fourth-order valence-electron chi connectivity index (χ4n) is 2.54. The summed E-state index contributed by atoms with van der Waals surface area (Å²) in [6.07, 6.45) is 2.18. The van der Waals surface area contributed by atoms with Gasteiger partial charge in [0.25, 0.3) is 0 Å². The van der Waals surface area contributed by atoms with Crippen LogP contribution in [-0.2, 0) is 4.79 Å². The third kappa shape index (κ3) is 3.91. The molecule has 110 valence electrons. The summed E-state index contributed by atoms with van der Waals surface area (Å²) in [5.74, 6) is -0.715. The first-order valence-corrected chi connectivity index (χ1v) is 7.11. The van der Waals surface area contributed by atoms with Crippen LogP contribution in [0.3, 0.4) is 0 Å². The van der Waals surface area contributed by atoms with E-state index in [0.717, 1.165) is 25.9 Å². The lowest BCUT2D eigenvalue weighted by molar-refractivity contribution is -0.117. The Morgan fingerprint density at radius 2 is 2.35 bits per heavy atom. The lowest BCUT2D eigenvalue weighted by Crippen LogP contribution is -2.41. The molecule has 0 bridgehead atoms. The summed E-state index contributed by atoms with van der Waals surface area (Å²) in [6, 6.07) is 4.60. The standard InChI is InChI=1S/C14H19ClFN3O/c1-17-8-11-3-2-6-19(11)9-14(20)18-13-5-4-10(15)7-12(13)16/h4-5,7,11,17H,2-3,6,8-9H2,1H3,(H,18,20). The molecule has 1 aromatic rings. The van der Waals surface area contributed by atoms with E-state index in [0.29, 0.717) is 11.1 Å². The van der Waals surface area contributed by atoms with E-state index in [9.17, 15) is 9.18 Å². The van der Waals surface area contributed by atoms with Gasteiger partial charge in [-0.2, -0.15) is 0 Å². The van der Waals surface area contributed by atoms with Crippen molar-refractivity contribution < 1.29 is 9.18 Å². The summed E-state index contributed by atoms with van der Waals surface area (Å²) >= 11 is 5.68. The second-order valence-corrected chi connectivity index (χ2v) is 5.43. The van der Waals surface area contributed by atoms with Gasteiger partial charge in [0.15, 0.2) is 0 Å². The number of likely N-dealkylation sites (tertiary alicyclic amines) is 1. The van der Waals surface area contributed by atoms with E-state index in [1.54, 1.807) is 6.07 Å². The van der Waals surface area contributed by atoms with Crippen molar-refractivity contribution in [2.24, 2.45) is 0 Å². The molecule has 2 N–H and O–H groups in total. The van der Waals surface area contributed by atoms with E-state index < -0.39 is 5.82 Å². The van der Waals surface area contributed by atoms with Gasteiger partial charge in [-0.1, -0.05) is 11.6 Å². The molecule has 1 aromatic carbocycles. The molecular formula is C14H19ClFN3O. The molecule has 0 aliphatic carbocycles. The van der Waals surface area contributed by atoms with Gasteiger partial charge in [0, 0.05) is 17.6 Å². The van der Waals surface area contributed by atoms with Crippen LogP contribution in [0.5, 0.6) is 0 Å². The topological polar surface area (TPSA) is 44.4 Å². The maximum absolute atomic E-state index is 13.6. The van der Waals surface area contributed by atoms with Gasteiger partial charge in [0.1, 0.15) is 5.82 Å². The van der Waals surface area contributed by atoms with Crippen LogP contribution >= 0.6 is 11.6 Å². The van der Waals surface area contributed by atoms with Gasteiger partial charge in [-0.25, -0.2) is 4.39 Å². The maximum atomic E-state index is 13.6. The highest BCUT2D eigenvalue weighted by molar-refractivity contribution is 6.30. The minimum Gasteiger partial charge on any atom is -0.322 e. The van der Waals surface area contributed by atoms with Crippen molar-refractivity contribution in [2.45, 2.75) is 18.9 Å². The lowest BCUT2D eigenvalue weighted by atomic mass is 10.2. The second kappa shape index (κ2) is 7.02. The monoisotopic (exact) mass is 299 g/mol. The number of carbonyl (C=O) groups is 1. The van der Waals surface area contributed by atoms with Crippen LogP contribution in [0.15, 0.2) is 18.2 Å². The Balaban J connectivity index is 1.92. The Bertz CT molecular complexity index is 483. The largest absolute Gasteiger partial charge is 0.322 e. The predicted octanol–water partition coefficient (Wildman–Crippen LogP) is 2.10. The van der Waals surface area contributed by atoms with Crippen molar-refractivity contribution in [3.63, 3.8) is 0 Å². The summed E-state index contributed by atoms with van der Waals surface area (Å²) in [7, 11) is 1.90. The first-order valence-electron chi connectivity index (χ1n) is 6.73. The smallest absolute Gasteiger partial charge is 0.238 e. The van der Waals surface area contributed by atoms with Gasteiger partial charge in [0.05, 0.1) is 12.2 Å². The molecule has 0 aromatic heterocycles. The first-order chi connectivity index (χ1) is 9.60. The average molecular weight is 300 g/mol. The van der Waals surface area contributed by atoms with E-state index in [1.807, 2.05) is 7.05 Å². The van der Waals surface area contributed by atoms with Crippen molar-refractivity contribution >= 4 is 23.2 Å². The van der Waals surface area contributed by atoms with Crippen LogP contribution in [0.25, 0.3) is 0 Å². The fraction of sp³-hybridized carbons (Fsp3) is 0.500. The molecule has 1 fully saturated rings. The van der Waals surface area contributed by atoms with E-state index in [-0.39, 0.29) is 18.1 Å². The number of halogens is 2. The number of anilines is 1. The van der Waals surface area contributed by atoms with E-state index in [2.05, 4.69) is 15.5 Å². The zero-order valence-corrected chi connectivity index (χ0v) is 12.2. The number of nitrogens with zero attached hydrogens (tertiary/aromatic N) is 1. The van der Waals surface area contributed by atoms with Crippen molar-refractivity contribution in [1.82, 2.24) is 10.2 Å². The molecule has 4 nitrogen and oxygen atoms in total. The van der Waals surface area contributed by atoms with Gasteiger partial charge >= 0.3 is 0 Å². The Morgan fingerprint density at radius 3 is 3.05 bits per heavy atom. The highest BCUT2D eigenvalue weighted by Gasteiger charge is 2.25. The Labute approximate surface area is 123 Å². The average Bonchev–Trinajstić information content (AvgIpc) is 2.81. The molecule has 6 heteroatoms. The number of hydrogen-bond acceptors (Lipinski definition) is 3. The van der Waals surface area contributed by atoms with Crippen LogP contribution in [0, 0.1) is 5.82 Å². The quantitative estimate of drug-likeness (QED) is 0.875. The van der Waals surface area contributed by atoms with Crippen LogP contribution in [0.2, 0.25) is 5.02 Å². The Hall–Kier alpha value is -1.17. The second-order valence-electron chi connectivity index (χ2n) is 5.00. The van der Waals surface area contributed by atoms with Crippen LogP contribution in [0.4, 0.5) is 10.1 Å². The summed E-state index contributed by atoms with van der Waals surface area (Å²) < 4.78 is 13.6. The zero-order valence-electron chi connectivity index (χ0n) is 11.5. The molecular weight excluding hydrogens is 281 g/mol. The third-order valence-electron chi connectivity index (χ3n) is 3.49. The summed E-state index contributed by atoms with van der Waals surface area (Å²) in [6.45, 7) is 2.06. The summed E-state index contributed by atoms with van der Waals surface area (Å²) in [4.78, 5) is 14.1. The molecule has 0 spiro atoms. The minimum atomic E-state index is -0.515. The molecule has 1 aliphatic rings. The minimum absolute atomic E-state index is 0.170. The molecule has 2 rings (SSSR count). The molecule has 20 heavy (non-hydrogen) atoms. The molecule has 0 radical (unpaired) electrons. The van der Waals surface area contributed by atoms with Gasteiger partial charge < -0.3 is 10.6 Å². The van der Waals surface area contributed by atoms with Crippen molar-refractivity contribution in [3.8, 4) is 0 Å². The Kier molecular flexibility index (Phi) is 5.34. The van der Waals surface area contributed by atoms with E-state index in [4.69, 9.17) is 11.6 Å². The number of likely N-dealkylation sites (N-methyl/N-ethyl adjacent to an activating group) is 1. The molecule has 0 saturated carbocycles. The summed E-state index contributed by atoms with van der Waals surface area (Å²) in [5, 5.41) is 6.04. The number of nitrogens with one attached hydrogen (secondary N) is 2. The fourth-order valence-corrected chi connectivity index (χ4v) is 2.69. The van der Waals surface area contributed by atoms with Crippen molar-refractivity contribution in [2.75, 3.05) is 32.0 Å². The molecule has 1 atom stereocenters. The Morgan fingerprint density at radius 1 is 1.55 bits per heavy atom. The van der Waals surface area contributed by atoms with Crippen molar-refractivity contribution in [3.05, 3.63) is 29.0 Å². The van der Waals surface area contributed by atoms with Crippen LogP contribution < -0.4 is 10.6 Å². The molecule has 1 amide bonds. The van der Waals surface area contributed by atoms with Crippen LogP contribution in [0.1, 0.15) is 12.8 Å². The van der Waals surface area contributed by atoms with Crippen molar-refractivity contribution in [1.29, 1.82) is 0 Å². The van der Waals surface area contributed by atoms with Gasteiger partial charge in [-0.05, 0) is 44.6 Å². The molecule has 1 saturated heterocycles. The highest BCUT2D eigenvalue weighted by atomic mass is 35.5. The number of amides is 1. The first kappa shape index (κ1) is 15.2. The summed E-state index contributed by atoms with van der Waals surface area (Å²) in [5.41, 5.74) is 0.170. The predicted molar refractivity (Wildman–Crippen MR) is 78.6 cm³/mol. The normalized spacial score (nSPS) is 19.2. The highest BCUT2D eigenvalue weighted by Crippen LogP contribution is 2.20. The SMILES string of the molecule is CNCC1CCCN1CC(=O)Nc1ccc(Cl)cc1F. The maximum Gasteiger partial charge on any atom is 0.238 e. The molecule has 1 heterocycles. The zero-order chi connectivity index (χ0) is 14.5.